The molecule has 1 aliphatic rings. The third-order valence-corrected chi connectivity index (χ3v) is 5.05. The van der Waals surface area contributed by atoms with Gasteiger partial charge in [-0.1, -0.05) is 0 Å². The second-order valence-corrected chi connectivity index (χ2v) is 7.27. The fourth-order valence-corrected chi connectivity index (χ4v) is 3.42. The van der Waals surface area contributed by atoms with Gasteiger partial charge in [0.2, 0.25) is 5.82 Å². The lowest BCUT2D eigenvalue weighted by Crippen LogP contribution is -2.42. The molecule has 0 saturated heterocycles. The van der Waals surface area contributed by atoms with E-state index in [1.807, 2.05) is 0 Å². The number of aromatic nitrogens is 6. The van der Waals surface area contributed by atoms with Crippen LogP contribution in [-0.2, 0) is 25.8 Å². The summed E-state index contributed by atoms with van der Waals surface area (Å²) in [7, 11) is 0. The molecule has 1 amide bonds. The number of aryl methyl sites for hydroxylation is 2. The lowest BCUT2D eigenvalue weighted by molar-refractivity contribution is -0.147. The van der Waals surface area contributed by atoms with Gasteiger partial charge in [-0.15, -0.1) is 10.2 Å². The van der Waals surface area contributed by atoms with Crippen LogP contribution >= 0.6 is 0 Å². The Morgan fingerprint density at radius 2 is 1.90 bits per heavy atom. The summed E-state index contributed by atoms with van der Waals surface area (Å²) in [4.78, 5) is 35.8. The average Bonchev–Trinajstić information content (AvgIpc) is 3.15. The Hall–Kier alpha value is -3.57. The van der Waals surface area contributed by atoms with Crippen LogP contribution in [0.5, 0.6) is 0 Å². The lowest BCUT2D eigenvalue weighted by atomic mass is 10.1. The Kier molecular flexibility index (Phi) is 5.07. The predicted octanol–water partition coefficient (Wildman–Crippen LogP) is 1.57. The van der Waals surface area contributed by atoms with Crippen molar-refractivity contribution < 1.29 is 18.0 Å². The van der Waals surface area contributed by atoms with E-state index in [2.05, 4.69) is 20.2 Å². The number of halogens is 3. The molecule has 3 aromatic heterocycles. The number of hydrogen-bond donors (Lipinski definition) is 0. The van der Waals surface area contributed by atoms with Gasteiger partial charge in [-0.25, -0.2) is 0 Å². The number of alkyl halides is 3. The summed E-state index contributed by atoms with van der Waals surface area (Å²) in [6.45, 7) is 3.29. The molecule has 4 heterocycles. The van der Waals surface area contributed by atoms with E-state index in [4.69, 9.17) is 0 Å². The summed E-state index contributed by atoms with van der Waals surface area (Å²) in [6, 6.07) is 1.64. The first-order valence-corrected chi connectivity index (χ1v) is 9.41. The first kappa shape index (κ1) is 20.7. The van der Waals surface area contributed by atoms with Crippen molar-refractivity contribution in [3.63, 3.8) is 0 Å². The van der Waals surface area contributed by atoms with E-state index in [9.17, 15) is 22.8 Å². The molecular weight excluding hydrogens is 415 g/mol. The Bertz CT molecular complexity index is 1200. The maximum atomic E-state index is 13.1. The summed E-state index contributed by atoms with van der Waals surface area (Å²) >= 11 is 0. The van der Waals surface area contributed by atoms with E-state index in [0.29, 0.717) is 11.3 Å². The SMILES string of the molecule is Cc1cnc(Cn2ccc(C)c(C(=O)N3CCn4c(nnc4C(F)(F)F)C3)c2=O)cn1. The molecule has 0 radical (unpaired) electrons. The molecule has 0 aromatic carbocycles. The van der Waals surface area contributed by atoms with Gasteiger partial charge in [0, 0.05) is 25.5 Å². The quantitative estimate of drug-likeness (QED) is 0.622. The minimum absolute atomic E-state index is 0.00413. The molecule has 4 rings (SSSR count). The van der Waals surface area contributed by atoms with Crippen LogP contribution in [0.4, 0.5) is 13.2 Å². The number of nitrogens with zero attached hydrogens (tertiary/aromatic N) is 7. The van der Waals surface area contributed by atoms with Gasteiger partial charge >= 0.3 is 6.18 Å². The van der Waals surface area contributed by atoms with Crippen molar-refractivity contribution in [3.8, 4) is 0 Å². The number of carbonyl (C=O) groups is 1. The summed E-state index contributed by atoms with van der Waals surface area (Å²) in [5.74, 6) is -1.63. The number of hydrogen-bond acceptors (Lipinski definition) is 6. The minimum Gasteiger partial charge on any atom is -0.329 e. The summed E-state index contributed by atoms with van der Waals surface area (Å²) in [5, 5.41) is 6.78. The molecule has 0 saturated carbocycles. The smallest absolute Gasteiger partial charge is 0.329 e. The molecule has 9 nitrogen and oxygen atoms in total. The van der Waals surface area contributed by atoms with E-state index in [1.165, 1.54) is 9.47 Å². The Labute approximate surface area is 174 Å². The highest BCUT2D eigenvalue weighted by Crippen LogP contribution is 2.29. The predicted molar refractivity (Wildman–Crippen MR) is 101 cm³/mol. The minimum atomic E-state index is -4.62. The van der Waals surface area contributed by atoms with Gasteiger partial charge in [-0.05, 0) is 25.5 Å². The fourth-order valence-electron chi connectivity index (χ4n) is 3.42. The highest BCUT2D eigenvalue weighted by Gasteiger charge is 2.40. The van der Waals surface area contributed by atoms with Crippen LogP contribution in [0.3, 0.4) is 0 Å². The third-order valence-electron chi connectivity index (χ3n) is 5.05. The number of fused-ring (bicyclic) bond motifs is 1. The van der Waals surface area contributed by atoms with Crippen molar-refractivity contribution >= 4 is 5.91 Å². The van der Waals surface area contributed by atoms with Crippen molar-refractivity contribution in [1.82, 2.24) is 34.2 Å². The van der Waals surface area contributed by atoms with Gasteiger partial charge in [0.25, 0.3) is 11.5 Å². The molecule has 162 valence electrons. The van der Waals surface area contributed by atoms with Crippen LogP contribution in [-0.4, -0.2) is 46.7 Å². The maximum absolute atomic E-state index is 13.1. The molecule has 0 spiro atoms. The third kappa shape index (κ3) is 3.92. The van der Waals surface area contributed by atoms with Crippen molar-refractivity contribution in [3.05, 3.63) is 69.2 Å². The molecule has 0 fully saturated rings. The molecule has 0 unspecified atom stereocenters. The molecule has 0 N–H and O–H groups in total. The molecule has 0 bridgehead atoms. The standard InChI is InChI=1S/C19H18F3N7O2/c1-11-3-4-27(9-13-8-23-12(2)7-24-13)16(30)15(11)17(31)28-5-6-29-14(10-28)25-26-18(29)19(20,21)22/h3-4,7-8H,5-6,9-10H2,1-2H3. The number of pyridine rings is 1. The summed E-state index contributed by atoms with van der Waals surface area (Å²) in [5.41, 5.74) is 1.23. The van der Waals surface area contributed by atoms with Gasteiger partial charge in [-0.2, -0.15) is 13.2 Å². The van der Waals surface area contributed by atoms with Gasteiger partial charge in [0.05, 0.1) is 30.7 Å². The molecule has 31 heavy (non-hydrogen) atoms. The van der Waals surface area contributed by atoms with Crippen LogP contribution in [0.25, 0.3) is 0 Å². The fraction of sp³-hybridized carbons (Fsp3) is 0.368. The average molecular weight is 433 g/mol. The van der Waals surface area contributed by atoms with Crippen molar-refractivity contribution in [2.75, 3.05) is 6.54 Å². The van der Waals surface area contributed by atoms with Gasteiger partial charge < -0.3 is 14.0 Å². The van der Waals surface area contributed by atoms with E-state index in [0.717, 1.165) is 10.3 Å². The lowest BCUT2D eigenvalue weighted by Gasteiger charge is -2.28. The normalized spacial score (nSPS) is 13.9. The molecule has 1 aliphatic heterocycles. The van der Waals surface area contributed by atoms with Crippen LogP contribution in [0.2, 0.25) is 0 Å². The Morgan fingerprint density at radius 3 is 2.58 bits per heavy atom. The van der Waals surface area contributed by atoms with Crippen molar-refractivity contribution in [1.29, 1.82) is 0 Å². The van der Waals surface area contributed by atoms with E-state index >= 15 is 0 Å². The zero-order valence-corrected chi connectivity index (χ0v) is 16.7. The van der Waals surface area contributed by atoms with E-state index in [1.54, 1.807) is 38.5 Å². The molecule has 3 aromatic rings. The number of amides is 1. The molecule has 0 atom stereocenters. The van der Waals surface area contributed by atoms with Crippen LogP contribution in [0.15, 0.2) is 29.5 Å². The van der Waals surface area contributed by atoms with Gasteiger partial charge in [0.15, 0.2) is 5.82 Å². The van der Waals surface area contributed by atoms with Crippen molar-refractivity contribution in [2.24, 2.45) is 0 Å². The van der Waals surface area contributed by atoms with E-state index < -0.39 is 23.5 Å². The largest absolute Gasteiger partial charge is 0.451 e. The second-order valence-electron chi connectivity index (χ2n) is 7.27. The Morgan fingerprint density at radius 1 is 1.13 bits per heavy atom. The monoisotopic (exact) mass is 433 g/mol. The summed E-state index contributed by atoms with van der Waals surface area (Å²) in [6.07, 6.45) is 0.0804. The Balaban J connectivity index is 1.61. The van der Waals surface area contributed by atoms with Gasteiger partial charge in [-0.3, -0.25) is 19.6 Å². The van der Waals surface area contributed by atoms with Crippen molar-refractivity contribution in [2.45, 2.75) is 39.7 Å². The zero-order valence-electron chi connectivity index (χ0n) is 16.7. The van der Waals surface area contributed by atoms with Crippen LogP contribution < -0.4 is 5.56 Å². The zero-order chi connectivity index (χ0) is 22.3. The molecule has 0 aliphatic carbocycles. The van der Waals surface area contributed by atoms with Crippen LogP contribution in [0, 0.1) is 13.8 Å². The topological polar surface area (TPSA) is 98.8 Å². The van der Waals surface area contributed by atoms with E-state index in [-0.39, 0.29) is 37.6 Å². The first-order chi connectivity index (χ1) is 14.6. The molecular formula is C19H18F3N7O2. The number of carbonyl (C=O) groups excluding carboxylic acids is 1. The maximum Gasteiger partial charge on any atom is 0.451 e. The second kappa shape index (κ2) is 7.60. The highest BCUT2D eigenvalue weighted by atomic mass is 19.4. The molecule has 12 heteroatoms. The number of rotatable bonds is 3. The summed E-state index contributed by atoms with van der Waals surface area (Å²) < 4.78 is 41.4. The van der Waals surface area contributed by atoms with Gasteiger partial charge in [0.1, 0.15) is 5.56 Å². The van der Waals surface area contributed by atoms with Crippen LogP contribution in [0.1, 0.15) is 39.0 Å². The first-order valence-electron chi connectivity index (χ1n) is 9.41. The highest BCUT2D eigenvalue weighted by molar-refractivity contribution is 5.95.